The van der Waals surface area contributed by atoms with Crippen molar-refractivity contribution < 1.29 is 4.74 Å². The van der Waals surface area contributed by atoms with Crippen molar-refractivity contribution in [1.29, 1.82) is 0 Å². The normalized spacial score (nSPS) is 10.2. The van der Waals surface area contributed by atoms with Crippen LogP contribution in [0.2, 0.25) is 0 Å². The minimum Gasteiger partial charge on any atom is -0.437 e. The molecular formula is C13H16N4O. The zero-order chi connectivity index (χ0) is 13.0. The van der Waals surface area contributed by atoms with E-state index >= 15 is 0 Å². The van der Waals surface area contributed by atoms with Crippen LogP contribution in [0, 0.1) is 6.92 Å². The number of nitrogens with zero attached hydrogens (tertiary/aromatic N) is 3. The maximum absolute atomic E-state index is 5.74. The molecule has 2 rings (SSSR count). The number of rotatable bonds is 4. The number of nitrogens with one attached hydrogen (secondary N) is 1. The van der Waals surface area contributed by atoms with E-state index in [-0.39, 0.29) is 0 Å². The summed E-state index contributed by atoms with van der Waals surface area (Å²) in [5.74, 6) is 2.04. The number of anilines is 1. The molecule has 5 heteroatoms. The van der Waals surface area contributed by atoms with Crippen LogP contribution in [0.4, 0.5) is 5.82 Å². The molecule has 0 unspecified atom stereocenters. The highest BCUT2D eigenvalue weighted by atomic mass is 16.5. The second-order valence-corrected chi connectivity index (χ2v) is 3.85. The summed E-state index contributed by atoms with van der Waals surface area (Å²) in [6.45, 7) is 3.98. The van der Waals surface area contributed by atoms with Gasteiger partial charge >= 0.3 is 0 Å². The Morgan fingerprint density at radius 3 is 2.67 bits per heavy atom. The Morgan fingerprint density at radius 2 is 2.06 bits per heavy atom. The highest BCUT2D eigenvalue weighted by molar-refractivity contribution is 5.49. The van der Waals surface area contributed by atoms with Crippen molar-refractivity contribution >= 4 is 5.82 Å². The molecule has 1 N–H and O–H groups in total. The zero-order valence-corrected chi connectivity index (χ0v) is 10.8. The number of hydrogen-bond acceptors (Lipinski definition) is 5. The molecule has 0 amide bonds. The quantitative estimate of drug-likeness (QED) is 0.895. The van der Waals surface area contributed by atoms with Crippen LogP contribution >= 0.6 is 0 Å². The zero-order valence-electron chi connectivity index (χ0n) is 10.8. The van der Waals surface area contributed by atoms with E-state index in [1.54, 1.807) is 6.20 Å². The topological polar surface area (TPSA) is 59.9 Å². The van der Waals surface area contributed by atoms with Crippen LogP contribution in [-0.2, 0) is 6.42 Å². The lowest BCUT2D eigenvalue weighted by molar-refractivity contribution is 0.453. The van der Waals surface area contributed by atoms with Crippen molar-refractivity contribution in [2.75, 3.05) is 12.4 Å². The van der Waals surface area contributed by atoms with Gasteiger partial charge in [-0.1, -0.05) is 6.92 Å². The summed E-state index contributed by atoms with van der Waals surface area (Å²) in [6.07, 6.45) is 3.98. The van der Waals surface area contributed by atoms with E-state index in [9.17, 15) is 0 Å². The number of hydrogen-bond donors (Lipinski definition) is 1. The first kappa shape index (κ1) is 12.3. The molecule has 0 radical (unpaired) electrons. The Balaban J connectivity index is 2.31. The van der Waals surface area contributed by atoms with E-state index in [1.807, 2.05) is 33.0 Å². The summed E-state index contributed by atoms with van der Waals surface area (Å²) in [4.78, 5) is 12.5. The molecule has 0 aliphatic heterocycles. The van der Waals surface area contributed by atoms with Gasteiger partial charge in [0, 0.05) is 12.7 Å². The molecule has 5 nitrogen and oxygen atoms in total. The Hall–Kier alpha value is -2.17. The van der Waals surface area contributed by atoms with Crippen LogP contribution in [0.1, 0.15) is 18.2 Å². The van der Waals surface area contributed by atoms with Crippen LogP contribution in [-0.4, -0.2) is 22.0 Å². The number of aryl methyl sites for hydroxylation is 1. The third kappa shape index (κ3) is 2.56. The second kappa shape index (κ2) is 5.44. The van der Waals surface area contributed by atoms with Gasteiger partial charge in [0.05, 0.1) is 11.8 Å². The molecule has 2 heterocycles. The van der Waals surface area contributed by atoms with Gasteiger partial charge < -0.3 is 10.1 Å². The van der Waals surface area contributed by atoms with Gasteiger partial charge in [0.2, 0.25) is 5.88 Å². The van der Waals surface area contributed by atoms with Gasteiger partial charge in [-0.15, -0.1) is 0 Å². The SMILES string of the molecule is CCc1c(NC)ncnc1Oc1ccc(C)nc1. The number of pyridine rings is 1. The fourth-order valence-corrected chi connectivity index (χ4v) is 1.64. The fourth-order valence-electron chi connectivity index (χ4n) is 1.64. The Kier molecular flexibility index (Phi) is 3.72. The summed E-state index contributed by atoms with van der Waals surface area (Å²) < 4.78 is 5.74. The van der Waals surface area contributed by atoms with Crippen LogP contribution < -0.4 is 10.1 Å². The van der Waals surface area contributed by atoms with Gasteiger partial charge in [0.15, 0.2) is 0 Å². The van der Waals surface area contributed by atoms with E-state index in [2.05, 4.69) is 20.3 Å². The molecule has 0 aromatic carbocycles. The minimum absolute atomic E-state index is 0.572. The fraction of sp³-hybridized carbons (Fsp3) is 0.308. The van der Waals surface area contributed by atoms with Crippen LogP contribution in [0.5, 0.6) is 11.6 Å². The predicted molar refractivity (Wildman–Crippen MR) is 70.0 cm³/mol. The summed E-state index contributed by atoms with van der Waals surface area (Å²) >= 11 is 0. The maximum Gasteiger partial charge on any atom is 0.227 e. The van der Waals surface area contributed by atoms with Gasteiger partial charge in [-0.05, 0) is 25.5 Å². The highest BCUT2D eigenvalue weighted by Gasteiger charge is 2.10. The molecule has 0 spiro atoms. The molecule has 2 aromatic heterocycles. The molecule has 2 aromatic rings. The van der Waals surface area contributed by atoms with E-state index < -0.39 is 0 Å². The molecule has 0 saturated heterocycles. The van der Waals surface area contributed by atoms with Gasteiger partial charge in [-0.3, -0.25) is 4.98 Å². The Labute approximate surface area is 106 Å². The Bertz CT molecular complexity index is 525. The molecule has 18 heavy (non-hydrogen) atoms. The molecule has 0 atom stereocenters. The van der Waals surface area contributed by atoms with Crippen molar-refractivity contribution in [1.82, 2.24) is 15.0 Å². The molecule has 0 bridgehead atoms. The van der Waals surface area contributed by atoms with Gasteiger partial charge in [0.25, 0.3) is 0 Å². The van der Waals surface area contributed by atoms with Crippen molar-refractivity contribution in [3.63, 3.8) is 0 Å². The highest BCUT2D eigenvalue weighted by Crippen LogP contribution is 2.26. The van der Waals surface area contributed by atoms with Gasteiger partial charge in [0.1, 0.15) is 17.9 Å². The van der Waals surface area contributed by atoms with Crippen LogP contribution in [0.3, 0.4) is 0 Å². The smallest absolute Gasteiger partial charge is 0.227 e. The lowest BCUT2D eigenvalue weighted by Crippen LogP contribution is -2.02. The van der Waals surface area contributed by atoms with Crippen LogP contribution in [0.15, 0.2) is 24.7 Å². The van der Waals surface area contributed by atoms with Crippen molar-refractivity contribution in [2.24, 2.45) is 0 Å². The summed E-state index contributed by atoms with van der Waals surface area (Å²) in [7, 11) is 1.83. The lowest BCUT2D eigenvalue weighted by atomic mass is 10.2. The molecule has 0 aliphatic rings. The standard InChI is InChI=1S/C13H16N4O/c1-4-11-12(14-3)16-8-17-13(11)18-10-6-5-9(2)15-7-10/h5-8H,4H2,1-3H3,(H,14,16,17). The Morgan fingerprint density at radius 1 is 1.22 bits per heavy atom. The molecule has 0 aliphatic carbocycles. The average Bonchev–Trinajstić information content (AvgIpc) is 2.41. The monoisotopic (exact) mass is 244 g/mol. The van der Waals surface area contributed by atoms with E-state index in [0.29, 0.717) is 11.6 Å². The summed E-state index contributed by atoms with van der Waals surface area (Å²) in [5.41, 5.74) is 1.91. The second-order valence-electron chi connectivity index (χ2n) is 3.85. The maximum atomic E-state index is 5.74. The first-order valence-corrected chi connectivity index (χ1v) is 5.86. The molecule has 94 valence electrons. The molecule has 0 saturated carbocycles. The van der Waals surface area contributed by atoms with Crippen molar-refractivity contribution in [3.05, 3.63) is 35.9 Å². The first-order chi connectivity index (χ1) is 8.74. The van der Waals surface area contributed by atoms with E-state index in [0.717, 1.165) is 23.5 Å². The van der Waals surface area contributed by atoms with Crippen molar-refractivity contribution in [2.45, 2.75) is 20.3 Å². The third-order valence-electron chi connectivity index (χ3n) is 2.59. The van der Waals surface area contributed by atoms with Crippen molar-refractivity contribution in [3.8, 4) is 11.6 Å². The van der Waals surface area contributed by atoms with Gasteiger partial charge in [-0.2, -0.15) is 0 Å². The number of aromatic nitrogens is 3. The lowest BCUT2D eigenvalue weighted by Gasteiger charge is -2.11. The largest absolute Gasteiger partial charge is 0.437 e. The first-order valence-electron chi connectivity index (χ1n) is 5.86. The predicted octanol–water partition coefficient (Wildman–Crippen LogP) is 2.58. The third-order valence-corrected chi connectivity index (χ3v) is 2.59. The van der Waals surface area contributed by atoms with Gasteiger partial charge in [-0.25, -0.2) is 9.97 Å². The van der Waals surface area contributed by atoms with E-state index in [4.69, 9.17) is 4.74 Å². The average molecular weight is 244 g/mol. The molecular weight excluding hydrogens is 228 g/mol. The summed E-state index contributed by atoms with van der Waals surface area (Å²) in [5, 5.41) is 3.04. The molecule has 0 fully saturated rings. The minimum atomic E-state index is 0.572. The van der Waals surface area contributed by atoms with Crippen LogP contribution in [0.25, 0.3) is 0 Å². The summed E-state index contributed by atoms with van der Waals surface area (Å²) in [6, 6.07) is 3.78. The van der Waals surface area contributed by atoms with E-state index in [1.165, 1.54) is 6.33 Å². The number of ether oxygens (including phenoxy) is 1.